The summed E-state index contributed by atoms with van der Waals surface area (Å²) in [4.78, 5) is 14.3. The number of anilines is 1. The molecule has 2 rings (SSSR count). The second-order valence-electron chi connectivity index (χ2n) is 5.46. The first-order chi connectivity index (χ1) is 12.5. The van der Waals surface area contributed by atoms with Crippen molar-refractivity contribution < 1.29 is 14.6 Å². The predicted octanol–water partition coefficient (Wildman–Crippen LogP) is 3.62. The van der Waals surface area contributed by atoms with Crippen LogP contribution in [0.3, 0.4) is 0 Å². The number of nitrogens with one attached hydrogen (secondary N) is 1. The van der Waals surface area contributed by atoms with Gasteiger partial charge in [-0.1, -0.05) is 0 Å². The van der Waals surface area contributed by atoms with E-state index in [0.717, 1.165) is 22.3 Å². The number of phenols is 1. The molecule has 6 nitrogen and oxygen atoms in total. The lowest BCUT2D eigenvalue weighted by atomic mass is 10.2. The van der Waals surface area contributed by atoms with Crippen molar-refractivity contribution in [1.82, 2.24) is 5.43 Å². The summed E-state index contributed by atoms with van der Waals surface area (Å²) in [6, 6.07) is 10.5. The summed E-state index contributed by atoms with van der Waals surface area (Å²) < 4.78 is 6.01. The Labute approximate surface area is 167 Å². The molecule has 0 aliphatic carbocycles. The van der Waals surface area contributed by atoms with Crippen molar-refractivity contribution in [1.29, 1.82) is 0 Å². The van der Waals surface area contributed by atoms with Crippen molar-refractivity contribution in [2.45, 2.75) is 13.8 Å². The molecule has 0 atom stereocenters. The van der Waals surface area contributed by atoms with Crippen LogP contribution in [0, 0.1) is 3.57 Å². The molecule has 0 radical (unpaired) electrons. The number of carbonyl (C=O) groups excluding carboxylic acids is 1. The second kappa shape index (κ2) is 9.42. The zero-order valence-corrected chi connectivity index (χ0v) is 17.1. The van der Waals surface area contributed by atoms with Gasteiger partial charge >= 0.3 is 0 Å². The van der Waals surface area contributed by atoms with E-state index < -0.39 is 0 Å². The Kier molecular flexibility index (Phi) is 7.26. The predicted molar refractivity (Wildman–Crippen MR) is 112 cm³/mol. The van der Waals surface area contributed by atoms with Crippen LogP contribution in [0.15, 0.2) is 41.5 Å². The van der Waals surface area contributed by atoms with E-state index in [0.29, 0.717) is 16.9 Å². The van der Waals surface area contributed by atoms with E-state index in [9.17, 15) is 9.90 Å². The highest BCUT2D eigenvalue weighted by Crippen LogP contribution is 2.24. The molecule has 0 spiro atoms. The molecule has 0 fully saturated rings. The summed E-state index contributed by atoms with van der Waals surface area (Å²) in [5.74, 6) is 0.497. The van der Waals surface area contributed by atoms with E-state index in [1.54, 1.807) is 37.4 Å². The van der Waals surface area contributed by atoms with Crippen LogP contribution in [0.4, 0.5) is 5.69 Å². The number of amides is 1. The number of hydrogen-bond acceptors (Lipinski definition) is 5. The number of carbonyl (C=O) groups is 1. The van der Waals surface area contributed by atoms with Gasteiger partial charge in [-0.3, -0.25) is 4.79 Å². The first-order valence-corrected chi connectivity index (χ1v) is 9.32. The number of methoxy groups -OCH3 is 1. The first kappa shape index (κ1) is 20.0. The highest BCUT2D eigenvalue weighted by molar-refractivity contribution is 14.1. The molecular weight excluding hydrogens is 445 g/mol. The maximum Gasteiger partial charge on any atom is 0.271 e. The highest BCUT2D eigenvalue weighted by Gasteiger charge is 2.09. The van der Waals surface area contributed by atoms with Crippen LogP contribution < -0.4 is 15.1 Å². The minimum absolute atomic E-state index is 0.117. The quantitative estimate of drug-likeness (QED) is 0.371. The zero-order valence-electron chi connectivity index (χ0n) is 15.0. The van der Waals surface area contributed by atoms with Crippen LogP contribution in [-0.4, -0.2) is 37.4 Å². The van der Waals surface area contributed by atoms with Crippen LogP contribution >= 0.6 is 22.6 Å². The van der Waals surface area contributed by atoms with E-state index in [4.69, 9.17) is 4.74 Å². The first-order valence-electron chi connectivity index (χ1n) is 8.25. The summed E-state index contributed by atoms with van der Waals surface area (Å²) in [6.45, 7) is 5.85. The third-order valence-electron chi connectivity index (χ3n) is 3.93. The van der Waals surface area contributed by atoms with Gasteiger partial charge in [0.2, 0.25) is 0 Å². The monoisotopic (exact) mass is 467 g/mol. The molecule has 0 aliphatic rings. The van der Waals surface area contributed by atoms with E-state index in [1.165, 1.54) is 6.21 Å². The van der Waals surface area contributed by atoms with Crippen molar-refractivity contribution in [3.05, 3.63) is 51.1 Å². The van der Waals surface area contributed by atoms with Gasteiger partial charge in [0.15, 0.2) is 0 Å². The topological polar surface area (TPSA) is 74.2 Å². The number of rotatable bonds is 7. The van der Waals surface area contributed by atoms with Crippen molar-refractivity contribution in [2.75, 3.05) is 25.1 Å². The molecular formula is C19H22IN3O3. The maximum absolute atomic E-state index is 12.2. The molecule has 0 unspecified atom stereocenters. The van der Waals surface area contributed by atoms with Crippen LogP contribution in [-0.2, 0) is 0 Å². The molecule has 138 valence electrons. The van der Waals surface area contributed by atoms with E-state index in [2.05, 4.69) is 51.9 Å². The lowest BCUT2D eigenvalue weighted by molar-refractivity contribution is 0.0955. The lowest BCUT2D eigenvalue weighted by Crippen LogP contribution is -2.21. The van der Waals surface area contributed by atoms with Gasteiger partial charge in [-0.2, -0.15) is 5.10 Å². The molecule has 1 amide bonds. The highest BCUT2D eigenvalue weighted by atomic mass is 127. The smallest absolute Gasteiger partial charge is 0.271 e. The number of aromatic hydroxyl groups is 1. The molecule has 0 heterocycles. The van der Waals surface area contributed by atoms with Crippen LogP contribution in [0.2, 0.25) is 0 Å². The molecule has 26 heavy (non-hydrogen) atoms. The van der Waals surface area contributed by atoms with Gasteiger partial charge < -0.3 is 14.7 Å². The fourth-order valence-electron chi connectivity index (χ4n) is 2.46. The van der Waals surface area contributed by atoms with Crippen LogP contribution in [0.1, 0.15) is 29.8 Å². The fourth-order valence-corrected chi connectivity index (χ4v) is 3.19. The number of ether oxygens (including phenoxy) is 1. The number of halogens is 1. The molecule has 0 aromatic heterocycles. The standard InChI is InChI=1S/C19H22IN3O3/c1-4-23(5-2)15-8-6-14(17(24)11-15)12-21-22-19(25)13-7-9-18(26-3)16(20)10-13/h6-12,24H,4-5H2,1-3H3,(H,22,25)/b21-12+. The Bertz CT molecular complexity index is 805. The summed E-state index contributed by atoms with van der Waals surface area (Å²) in [6.07, 6.45) is 1.42. The van der Waals surface area contributed by atoms with Crippen molar-refractivity contribution in [2.24, 2.45) is 5.10 Å². The molecule has 2 aromatic carbocycles. The van der Waals surface area contributed by atoms with Gasteiger partial charge in [-0.15, -0.1) is 0 Å². The van der Waals surface area contributed by atoms with Crippen LogP contribution in [0.5, 0.6) is 11.5 Å². The molecule has 2 N–H and O–H groups in total. The lowest BCUT2D eigenvalue weighted by Gasteiger charge is -2.21. The molecule has 0 saturated heterocycles. The van der Waals surface area contributed by atoms with Crippen molar-refractivity contribution >= 4 is 40.4 Å². The minimum atomic E-state index is -0.332. The van der Waals surface area contributed by atoms with Gasteiger partial charge in [0.25, 0.3) is 5.91 Å². The van der Waals surface area contributed by atoms with Gasteiger partial charge in [0.05, 0.1) is 16.9 Å². The minimum Gasteiger partial charge on any atom is -0.507 e. The number of hydrazone groups is 1. The summed E-state index contributed by atoms with van der Waals surface area (Å²) in [5, 5.41) is 14.1. The number of hydrogen-bond donors (Lipinski definition) is 2. The van der Waals surface area contributed by atoms with E-state index in [1.807, 2.05) is 6.07 Å². The Balaban J connectivity index is 2.06. The number of nitrogens with zero attached hydrogens (tertiary/aromatic N) is 2. The SMILES string of the molecule is CCN(CC)c1ccc(/C=N/NC(=O)c2ccc(OC)c(I)c2)c(O)c1. The van der Waals surface area contributed by atoms with Gasteiger partial charge in [0.1, 0.15) is 11.5 Å². The molecule has 2 aromatic rings. The fraction of sp³-hybridized carbons (Fsp3) is 0.263. The average molecular weight is 467 g/mol. The normalized spacial score (nSPS) is 10.8. The maximum atomic E-state index is 12.2. The third kappa shape index (κ3) is 4.87. The van der Waals surface area contributed by atoms with E-state index in [-0.39, 0.29) is 11.7 Å². The van der Waals surface area contributed by atoms with Gasteiger partial charge in [-0.05, 0) is 66.8 Å². The zero-order chi connectivity index (χ0) is 19.1. The van der Waals surface area contributed by atoms with Gasteiger partial charge in [-0.25, -0.2) is 5.43 Å². The Morgan fingerprint density at radius 2 is 2.00 bits per heavy atom. The van der Waals surface area contributed by atoms with E-state index >= 15 is 0 Å². The summed E-state index contributed by atoms with van der Waals surface area (Å²) >= 11 is 2.10. The Morgan fingerprint density at radius 1 is 1.27 bits per heavy atom. The van der Waals surface area contributed by atoms with Crippen molar-refractivity contribution in [3.63, 3.8) is 0 Å². The molecule has 7 heteroatoms. The molecule has 0 aliphatic heterocycles. The number of benzene rings is 2. The summed E-state index contributed by atoms with van der Waals surface area (Å²) in [5.41, 5.74) is 4.42. The van der Waals surface area contributed by atoms with Crippen molar-refractivity contribution in [3.8, 4) is 11.5 Å². The molecule has 0 saturated carbocycles. The molecule has 0 bridgehead atoms. The van der Waals surface area contributed by atoms with Crippen LogP contribution in [0.25, 0.3) is 0 Å². The largest absolute Gasteiger partial charge is 0.507 e. The Hall–Kier alpha value is -2.29. The number of phenolic OH excluding ortho intramolecular Hbond substituents is 1. The van der Waals surface area contributed by atoms with Gasteiger partial charge in [0, 0.05) is 36.0 Å². The average Bonchev–Trinajstić information content (AvgIpc) is 2.64. The second-order valence-corrected chi connectivity index (χ2v) is 6.63. The summed E-state index contributed by atoms with van der Waals surface area (Å²) in [7, 11) is 1.58. The third-order valence-corrected chi connectivity index (χ3v) is 4.77. The Morgan fingerprint density at radius 3 is 2.58 bits per heavy atom.